The van der Waals surface area contributed by atoms with Gasteiger partial charge in [0.05, 0.1) is 6.20 Å². The molecule has 2 aromatic rings. The molecule has 3 N–H and O–H groups in total. The standard InChI is InChI=1S/C7H7N3O3S/c8-14(12,13)6-4-9-10-3-1-2-5(10)7(6)11/h1-4,11H,(H2,8,12,13). The van der Waals surface area contributed by atoms with Crippen molar-refractivity contribution in [2.24, 2.45) is 5.14 Å². The number of hydrogen-bond acceptors (Lipinski definition) is 4. The maximum atomic E-state index is 11.0. The van der Waals surface area contributed by atoms with Crippen LogP contribution < -0.4 is 5.14 Å². The molecule has 0 saturated heterocycles. The van der Waals surface area contributed by atoms with Gasteiger partial charge in [0.15, 0.2) is 5.75 Å². The van der Waals surface area contributed by atoms with Crippen molar-refractivity contribution in [2.45, 2.75) is 4.90 Å². The lowest BCUT2D eigenvalue weighted by Crippen LogP contribution is -2.13. The van der Waals surface area contributed by atoms with Gasteiger partial charge < -0.3 is 5.11 Å². The van der Waals surface area contributed by atoms with Gasteiger partial charge in [0, 0.05) is 6.20 Å². The predicted octanol–water partition coefficient (Wildman–Crippen LogP) is -0.313. The van der Waals surface area contributed by atoms with E-state index >= 15 is 0 Å². The summed E-state index contributed by atoms with van der Waals surface area (Å²) in [6, 6.07) is 3.17. The van der Waals surface area contributed by atoms with Gasteiger partial charge in [-0.25, -0.2) is 18.1 Å². The number of sulfonamides is 1. The Labute approximate surface area is 79.6 Å². The number of nitrogens with two attached hydrogens (primary N) is 1. The maximum absolute atomic E-state index is 11.0. The first kappa shape index (κ1) is 8.97. The molecule has 0 atom stereocenters. The molecule has 0 unspecified atom stereocenters. The summed E-state index contributed by atoms with van der Waals surface area (Å²) in [6.45, 7) is 0. The van der Waals surface area contributed by atoms with Gasteiger partial charge in [0.2, 0.25) is 10.0 Å². The second-order valence-electron chi connectivity index (χ2n) is 2.74. The van der Waals surface area contributed by atoms with E-state index in [9.17, 15) is 13.5 Å². The highest BCUT2D eigenvalue weighted by atomic mass is 32.2. The third kappa shape index (κ3) is 1.22. The third-order valence-corrected chi connectivity index (χ3v) is 2.72. The fourth-order valence-corrected chi connectivity index (χ4v) is 1.74. The molecule has 2 aromatic heterocycles. The zero-order valence-electron chi connectivity index (χ0n) is 6.95. The Morgan fingerprint density at radius 3 is 2.86 bits per heavy atom. The van der Waals surface area contributed by atoms with Crippen molar-refractivity contribution in [3.8, 4) is 5.75 Å². The van der Waals surface area contributed by atoms with Crippen molar-refractivity contribution in [1.82, 2.24) is 9.61 Å². The van der Waals surface area contributed by atoms with Crippen LogP contribution in [-0.4, -0.2) is 23.1 Å². The molecule has 0 amide bonds. The molecule has 0 aliphatic rings. The van der Waals surface area contributed by atoms with Gasteiger partial charge >= 0.3 is 0 Å². The molecule has 74 valence electrons. The molecule has 14 heavy (non-hydrogen) atoms. The van der Waals surface area contributed by atoms with Crippen LogP contribution >= 0.6 is 0 Å². The number of nitrogens with zero attached hydrogens (tertiary/aromatic N) is 2. The van der Waals surface area contributed by atoms with Crippen molar-refractivity contribution in [2.75, 3.05) is 0 Å². The summed E-state index contributed by atoms with van der Waals surface area (Å²) in [5, 5.41) is 18.2. The molecule has 0 saturated carbocycles. The molecule has 0 aromatic carbocycles. The minimum absolute atomic E-state index is 0.302. The van der Waals surface area contributed by atoms with Crippen LogP contribution in [0.3, 0.4) is 0 Å². The van der Waals surface area contributed by atoms with Crippen molar-refractivity contribution in [1.29, 1.82) is 0 Å². The summed E-state index contributed by atoms with van der Waals surface area (Å²) in [6.07, 6.45) is 2.60. The number of fused-ring (bicyclic) bond motifs is 1. The Morgan fingerprint density at radius 1 is 1.50 bits per heavy atom. The lowest BCUT2D eigenvalue weighted by molar-refractivity contribution is 0.459. The molecule has 0 fully saturated rings. The van der Waals surface area contributed by atoms with Gasteiger partial charge in [-0.1, -0.05) is 0 Å². The van der Waals surface area contributed by atoms with Gasteiger partial charge in [0.1, 0.15) is 10.4 Å². The molecule has 0 radical (unpaired) electrons. The smallest absolute Gasteiger partial charge is 0.243 e. The SMILES string of the molecule is NS(=O)(=O)c1cnn2cccc2c1O. The van der Waals surface area contributed by atoms with E-state index in [2.05, 4.69) is 5.10 Å². The van der Waals surface area contributed by atoms with E-state index in [-0.39, 0.29) is 10.6 Å². The Morgan fingerprint density at radius 2 is 2.21 bits per heavy atom. The van der Waals surface area contributed by atoms with Crippen LogP contribution in [0, 0.1) is 0 Å². The van der Waals surface area contributed by atoms with Crippen LogP contribution in [0.5, 0.6) is 5.75 Å². The van der Waals surface area contributed by atoms with E-state index in [1.165, 1.54) is 10.6 Å². The first-order chi connectivity index (χ1) is 6.50. The molecule has 0 spiro atoms. The molecule has 0 aliphatic heterocycles. The average molecular weight is 213 g/mol. The van der Waals surface area contributed by atoms with Crippen molar-refractivity contribution in [3.63, 3.8) is 0 Å². The minimum atomic E-state index is -3.93. The van der Waals surface area contributed by atoms with Crippen LogP contribution in [0.2, 0.25) is 0 Å². The Bertz CT molecular complexity index is 587. The number of rotatable bonds is 1. The molecule has 0 aliphatic carbocycles. The van der Waals surface area contributed by atoms with Crippen molar-refractivity contribution in [3.05, 3.63) is 24.5 Å². The Kier molecular flexibility index (Phi) is 1.73. The zero-order valence-corrected chi connectivity index (χ0v) is 7.77. The van der Waals surface area contributed by atoms with Gasteiger partial charge in [-0.2, -0.15) is 5.10 Å². The molecule has 0 bridgehead atoms. The first-order valence-corrected chi connectivity index (χ1v) is 5.23. The molecular weight excluding hydrogens is 206 g/mol. The van der Waals surface area contributed by atoms with Crippen LogP contribution in [-0.2, 0) is 10.0 Å². The molecule has 7 heteroatoms. The lowest BCUT2D eigenvalue weighted by Gasteiger charge is -2.02. The Hall–Kier alpha value is -1.60. The minimum Gasteiger partial charge on any atom is -0.504 e. The lowest BCUT2D eigenvalue weighted by atomic mass is 10.4. The number of aromatic hydroxyl groups is 1. The largest absolute Gasteiger partial charge is 0.504 e. The highest BCUT2D eigenvalue weighted by molar-refractivity contribution is 7.89. The Balaban J connectivity index is 2.88. The van der Waals surface area contributed by atoms with Gasteiger partial charge in [-0.15, -0.1) is 0 Å². The number of aromatic nitrogens is 2. The van der Waals surface area contributed by atoms with E-state index in [4.69, 9.17) is 5.14 Å². The summed E-state index contributed by atoms with van der Waals surface area (Å²) < 4.78 is 23.3. The third-order valence-electron chi connectivity index (χ3n) is 1.81. The highest BCUT2D eigenvalue weighted by Gasteiger charge is 2.16. The normalized spacial score (nSPS) is 12.1. The van der Waals surface area contributed by atoms with Crippen LogP contribution in [0.25, 0.3) is 5.52 Å². The van der Waals surface area contributed by atoms with E-state index in [0.717, 1.165) is 6.20 Å². The maximum Gasteiger partial charge on any atom is 0.243 e. The van der Waals surface area contributed by atoms with E-state index in [0.29, 0.717) is 5.52 Å². The first-order valence-electron chi connectivity index (χ1n) is 3.68. The fraction of sp³-hybridized carbons (Fsp3) is 0. The van der Waals surface area contributed by atoms with Gasteiger partial charge in [-0.05, 0) is 12.1 Å². The fourth-order valence-electron chi connectivity index (χ4n) is 1.17. The van der Waals surface area contributed by atoms with Crippen LogP contribution in [0.1, 0.15) is 0 Å². The summed E-state index contributed by atoms with van der Waals surface area (Å²) in [7, 11) is -3.93. The molecular formula is C7H7N3O3S. The highest BCUT2D eigenvalue weighted by Crippen LogP contribution is 2.25. The topological polar surface area (TPSA) is 97.7 Å². The van der Waals surface area contributed by atoms with E-state index in [1.54, 1.807) is 12.3 Å². The summed E-state index contributed by atoms with van der Waals surface area (Å²) in [5.74, 6) is -0.382. The van der Waals surface area contributed by atoms with Crippen LogP contribution in [0.4, 0.5) is 0 Å². The zero-order chi connectivity index (χ0) is 10.3. The number of hydrogen-bond donors (Lipinski definition) is 2. The average Bonchev–Trinajstić information content (AvgIpc) is 2.50. The van der Waals surface area contributed by atoms with E-state index in [1.807, 2.05) is 0 Å². The summed E-state index contributed by atoms with van der Waals surface area (Å²) in [4.78, 5) is -0.372. The summed E-state index contributed by atoms with van der Waals surface area (Å²) in [5.41, 5.74) is 0.302. The molecule has 2 heterocycles. The monoisotopic (exact) mass is 213 g/mol. The van der Waals surface area contributed by atoms with Gasteiger partial charge in [-0.3, -0.25) is 0 Å². The van der Waals surface area contributed by atoms with Crippen molar-refractivity contribution < 1.29 is 13.5 Å². The van der Waals surface area contributed by atoms with Gasteiger partial charge in [0.25, 0.3) is 0 Å². The molecule has 6 nitrogen and oxygen atoms in total. The predicted molar refractivity (Wildman–Crippen MR) is 48.2 cm³/mol. The number of primary sulfonamides is 1. The molecule has 2 rings (SSSR count). The van der Waals surface area contributed by atoms with Crippen molar-refractivity contribution >= 4 is 15.5 Å². The van der Waals surface area contributed by atoms with E-state index < -0.39 is 10.0 Å². The quantitative estimate of drug-likeness (QED) is 0.678. The summed E-state index contributed by atoms with van der Waals surface area (Å²) >= 11 is 0. The second-order valence-corrected chi connectivity index (χ2v) is 4.27. The second kappa shape index (κ2) is 2.69. The van der Waals surface area contributed by atoms with Crippen LogP contribution in [0.15, 0.2) is 29.4 Å².